The SMILES string of the molecule is CC.CC.Cc1c(C)c(C)c2c(c1C)CCC2. The molecule has 2 rings (SSSR count). The first-order valence-electron chi connectivity index (χ1n) is 7.21. The van der Waals surface area contributed by atoms with E-state index in [1.54, 1.807) is 22.3 Å². The molecule has 98 valence electrons. The van der Waals surface area contributed by atoms with Crippen molar-refractivity contribution in [1.82, 2.24) is 0 Å². The second-order valence-corrected chi connectivity index (χ2v) is 4.31. The van der Waals surface area contributed by atoms with E-state index < -0.39 is 0 Å². The van der Waals surface area contributed by atoms with Gasteiger partial charge in [-0.2, -0.15) is 0 Å². The number of fused-ring (bicyclic) bond motifs is 1. The third-order valence-corrected chi connectivity index (χ3v) is 3.81. The molecule has 0 spiro atoms. The van der Waals surface area contributed by atoms with E-state index in [2.05, 4.69) is 27.7 Å². The average molecular weight is 234 g/mol. The number of benzene rings is 1. The van der Waals surface area contributed by atoms with Gasteiger partial charge in [-0.05, 0) is 80.3 Å². The molecule has 1 aromatic carbocycles. The molecule has 0 saturated carbocycles. The van der Waals surface area contributed by atoms with Crippen LogP contribution < -0.4 is 0 Å². The lowest BCUT2D eigenvalue weighted by Gasteiger charge is -2.15. The van der Waals surface area contributed by atoms with Crippen molar-refractivity contribution in [2.75, 3.05) is 0 Å². The minimum Gasteiger partial charge on any atom is -0.0683 e. The van der Waals surface area contributed by atoms with Crippen molar-refractivity contribution in [2.24, 2.45) is 0 Å². The molecule has 0 unspecified atom stereocenters. The van der Waals surface area contributed by atoms with Crippen molar-refractivity contribution in [2.45, 2.75) is 74.7 Å². The van der Waals surface area contributed by atoms with E-state index in [0.29, 0.717) is 0 Å². The Bertz CT molecular complexity index is 324. The smallest absolute Gasteiger partial charge is 0.0270 e. The van der Waals surface area contributed by atoms with Gasteiger partial charge in [0.15, 0.2) is 0 Å². The molecule has 0 amide bonds. The van der Waals surface area contributed by atoms with Gasteiger partial charge >= 0.3 is 0 Å². The third-order valence-electron chi connectivity index (χ3n) is 3.81. The summed E-state index contributed by atoms with van der Waals surface area (Å²) in [6.45, 7) is 17.1. The first kappa shape index (κ1) is 16.2. The van der Waals surface area contributed by atoms with Gasteiger partial charge in [-0.3, -0.25) is 0 Å². The highest BCUT2D eigenvalue weighted by Gasteiger charge is 2.18. The minimum absolute atomic E-state index is 1.31. The molecule has 0 nitrogen and oxygen atoms in total. The standard InChI is InChI=1S/C13H18.2C2H6/c1-8-9(2)11(4)13-7-5-6-12(13)10(8)3;2*1-2/h5-7H2,1-4H3;2*1-2H3. The van der Waals surface area contributed by atoms with Gasteiger partial charge in [0, 0.05) is 0 Å². The summed E-state index contributed by atoms with van der Waals surface area (Å²) in [4.78, 5) is 0. The highest BCUT2D eigenvalue weighted by Crippen LogP contribution is 2.32. The molecule has 0 radical (unpaired) electrons. The maximum absolute atomic E-state index is 2.28. The topological polar surface area (TPSA) is 0 Å². The van der Waals surface area contributed by atoms with Crippen molar-refractivity contribution >= 4 is 0 Å². The van der Waals surface area contributed by atoms with Gasteiger partial charge in [0.25, 0.3) is 0 Å². The Morgan fingerprint density at radius 3 is 1.12 bits per heavy atom. The van der Waals surface area contributed by atoms with Crippen LogP contribution in [-0.2, 0) is 12.8 Å². The minimum atomic E-state index is 1.31. The van der Waals surface area contributed by atoms with Crippen LogP contribution in [0.15, 0.2) is 0 Å². The van der Waals surface area contributed by atoms with Gasteiger partial charge in [-0.25, -0.2) is 0 Å². The lowest BCUT2D eigenvalue weighted by atomic mass is 9.90. The van der Waals surface area contributed by atoms with E-state index in [1.807, 2.05) is 27.7 Å². The van der Waals surface area contributed by atoms with Gasteiger partial charge in [0.05, 0.1) is 0 Å². The fourth-order valence-electron chi connectivity index (χ4n) is 2.59. The Kier molecular flexibility index (Phi) is 7.18. The largest absolute Gasteiger partial charge is 0.0683 e. The van der Waals surface area contributed by atoms with Crippen molar-refractivity contribution < 1.29 is 0 Å². The van der Waals surface area contributed by atoms with Crippen molar-refractivity contribution in [1.29, 1.82) is 0 Å². The Labute approximate surface area is 108 Å². The fourth-order valence-corrected chi connectivity index (χ4v) is 2.59. The molecule has 0 saturated heterocycles. The van der Waals surface area contributed by atoms with Crippen LogP contribution in [0.2, 0.25) is 0 Å². The van der Waals surface area contributed by atoms with Gasteiger partial charge in [-0.1, -0.05) is 27.7 Å². The molecule has 0 bridgehead atoms. The molecule has 0 heteroatoms. The summed E-state index contributed by atoms with van der Waals surface area (Å²) in [5.74, 6) is 0. The van der Waals surface area contributed by atoms with Crippen LogP contribution in [0, 0.1) is 27.7 Å². The lowest BCUT2D eigenvalue weighted by molar-refractivity contribution is 0.907. The van der Waals surface area contributed by atoms with Gasteiger partial charge in [-0.15, -0.1) is 0 Å². The number of hydrogen-bond donors (Lipinski definition) is 0. The second kappa shape index (κ2) is 7.53. The van der Waals surface area contributed by atoms with Gasteiger partial charge in [0.2, 0.25) is 0 Å². The molecular weight excluding hydrogens is 204 g/mol. The first-order valence-corrected chi connectivity index (χ1v) is 7.21. The Morgan fingerprint density at radius 2 is 0.824 bits per heavy atom. The van der Waals surface area contributed by atoms with E-state index in [-0.39, 0.29) is 0 Å². The van der Waals surface area contributed by atoms with Crippen LogP contribution in [0.4, 0.5) is 0 Å². The predicted molar refractivity (Wildman–Crippen MR) is 80.1 cm³/mol. The molecule has 0 aliphatic heterocycles. The third kappa shape index (κ3) is 3.12. The quantitative estimate of drug-likeness (QED) is 0.559. The molecule has 0 heterocycles. The zero-order valence-corrected chi connectivity index (χ0v) is 13.1. The number of rotatable bonds is 0. The molecule has 1 aromatic rings. The summed E-state index contributed by atoms with van der Waals surface area (Å²) in [6.07, 6.45) is 3.98. The summed E-state index contributed by atoms with van der Waals surface area (Å²) in [7, 11) is 0. The molecule has 1 aliphatic rings. The van der Waals surface area contributed by atoms with E-state index in [4.69, 9.17) is 0 Å². The lowest BCUT2D eigenvalue weighted by Crippen LogP contribution is -1.99. The molecule has 0 N–H and O–H groups in total. The maximum atomic E-state index is 2.28. The van der Waals surface area contributed by atoms with Crippen molar-refractivity contribution in [3.8, 4) is 0 Å². The highest BCUT2D eigenvalue weighted by atomic mass is 14.2. The fraction of sp³-hybridized carbons (Fsp3) is 0.647. The van der Waals surface area contributed by atoms with Crippen LogP contribution in [0.5, 0.6) is 0 Å². The molecule has 1 aliphatic carbocycles. The summed E-state index contributed by atoms with van der Waals surface area (Å²) in [5.41, 5.74) is 9.43. The molecular formula is C17H30. The van der Waals surface area contributed by atoms with Crippen LogP contribution in [0.1, 0.15) is 67.5 Å². The molecule has 0 aromatic heterocycles. The first-order chi connectivity index (χ1) is 8.13. The molecule has 0 fully saturated rings. The summed E-state index contributed by atoms with van der Waals surface area (Å²) in [5, 5.41) is 0. The summed E-state index contributed by atoms with van der Waals surface area (Å²) < 4.78 is 0. The predicted octanol–water partition coefficient (Wildman–Crippen LogP) is 5.46. The monoisotopic (exact) mass is 234 g/mol. The average Bonchev–Trinajstić information content (AvgIpc) is 2.88. The van der Waals surface area contributed by atoms with Crippen LogP contribution in [-0.4, -0.2) is 0 Å². The van der Waals surface area contributed by atoms with Crippen LogP contribution >= 0.6 is 0 Å². The Hall–Kier alpha value is -0.780. The van der Waals surface area contributed by atoms with Crippen LogP contribution in [0.3, 0.4) is 0 Å². The van der Waals surface area contributed by atoms with Crippen LogP contribution in [0.25, 0.3) is 0 Å². The summed E-state index contributed by atoms with van der Waals surface area (Å²) >= 11 is 0. The van der Waals surface area contributed by atoms with Crippen molar-refractivity contribution in [3.63, 3.8) is 0 Å². The Balaban J connectivity index is 0.000000581. The van der Waals surface area contributed by atoms with E-state index in [1.165, 1.54) is 30.4 Å². The van der Waals surface area contributed by atoms with Crippen molar-refractivity contribution in [3.05, 3.63) is 33.4 Å². The second-order valence-electron chi connectivity index (χ2n) is 4.31. The van der Waals surface area contributed by atoms with E-state index in [0.717, 1.165) is 0 Å². The number of hydrogen-bond acceptors (Lipinski definition) is 0. The zero-order chi connectivity index (χ0) is 13.6. The molecule has 17 heavy (non-hydrogen) atoms. The highest BCUT2D eigenvalue weighted by molar-refractivity contribution is 5.51. The normalized spacial score (nSPS) is 12.0. The Morgan fingerprint density at radius 1 is 0.529 bits per heavy atom. The summed E-state index contributed by atoms with van der Waals surface area (Å²) in [6, 6.07) is 0. The van der Waals surface area contributed by atoms with E-state index >= 15 is 0 Å². The van der Waals surface area contributed by atoms with E-state index in [9.17, 15) is 0 Å². The zero-order valence-electron chi connectivity index (χ0n) is 13.1. The molecule has 0 atom stereocenters. The van der Waals surface area contributed by atoms with Gasteiger partial charge in [0.1, 0.15) is 0 Å². The van der Waals surface area contributed by atoms with Gasteiger partial charge < -0.3 is 0 Å². The maximum Gasteiger partial charge on any atom is -0.0270 e.